The molecule has 2 amide bonds. The van der Waals surface area contributed by atoms with E-state index in [9.17, 15) is 14.4 Å². The van der Waals surface area contributed by atoms with Crippen LogP contribution in [0.15, 0.2) is 12.7 Å². The monoisotopic (exact) mass is 296 g/mol. The van der Waals surface area contributed by atoms with Crippen LogP contribution in [0.5, 0.6) is 0 Å². The third-order valence-corrected chi connectivity index (χ3v) is 3.58. The summed E-state index contributed by atoms with van der Waals surface area (Å²) in [4.78, 5) is 38.9. The van der Waals surface area contributed by atoms with Crippen LogP contribution in [0.4, 0.5) is 0 Å². The lowest BCUT2D eigenvalue weighted by atomic mass is 10.0. The van der Waals surface area contributed by atoms with Gasteiger partial charge in [-0.2, -0.15) is 0 Å². The van der Waals surface area contributed by atoms with E-state index >= 15 is 0 Å². The Kier molecular flexibility index (Phi) is 6.91. The van der Waals surface area contributed by atoms with Gasteiger partial charge in [0.2, 0.25) is 11.8 Å². The Morgan fingerprint density at radius 3 is 2.62 bits per heavy atom. The molecule has 0 N–H and O–H groups in total. The number of hydrogen-bond donors (Lipinski definition) is 0. The summed E-state index contributed by atoms with van der Waals surface area (Å²) in [5.41, 5.74) is 0. The van der Waals surface area contributed by atoms with Crippen LogP contribution in [-0.2, 0) is 19.1 Å². The largest absolute Gasteiger partial charge is 0.464 e. The molecule has 1 rings (SSSR count). The first-order valence-electron chi connectivity index (χ1n) is 7.42. The minimum Gasteiger partial charge on any atom is -0.464 e. The maximum absolute atomic E-state index is 12.4. The molecule has 1 unspecified atom stereocenters. The lowest BCUT2D eigenvalue weighted by molar-refractivity contribution is -0.157. The molecule has 21 heavy (non-hydrogen) atoms. The number of nitrogens with zero attached hydrogens (tertiary/aromatic N) is 2. The van der Waals surface area contributed by atoms with Crippen LogP contribution >= 0.6 is 0 Å². The van der Waals surface area contributed by atoms with E-state index in [4.69, 9.17) is 4.74 Å². The lowest BCUT2D eigenvalue weighted by Crippen LogP contribution is -2.52. The summed E-state index contributed by atoms with van der Waals surface area (Å²) in [7, 11) is 0. The van der Waals surface area contributed by atoms with Gasteiger partial charge in [0, 0.05) is 13.1 Å². The van der Waals surface area contributed by atoms with Crippen molar-refractivity contribution in [3.63, 3.8) is 0 Å². The van der Waals surface area contributed by atoms with E-state index in [2.05, 4.69) is 6.58 Å². The molecule has 1 heterocycles. The van der Waals surface area contributed by atoms with E-state index in [1.807, 2.05) is 0 Å². The van der Waals surface area contributed by atoms with Crippen LogP contribution in [0.1, 0.15) is 33.1 Å². The lowest BCUT2D eigenvalue weighted by Gasteiger charge is -2.35. The second kappa shape index (κ2) is 8.44. The zero-order valence-corrected chi connectivity index (χ0v) is 12.8. The summed E-state index contributed by atoms with van der Waals surface area (Å²) >= 11 is 0. The Morgan fingerprint density at radius 1 is 1.33 bits per heavy atom. The fraction of sp³-hybridized carbons (Fsp3) is 0.667. The normalized spacial score (nSPS) is 18.0. The molecule has 6 nitrogen and oxygen atoms in total. The van der Waals surface area contributed by atoms with Crippen molar-refractivity contribution in [1.29, 1.82) is 0 Å². The van der Waals surface area contributed by atoms with Gasteiger partial charge in [0.25, 0.3) is 0 Å². The average Bonchev–Trinajstić information content (AvgIpc) is 2.51. The maximum Gasteiger partial charge on any atom is 0.328 e. The highest BCUT2D eigenvalue weighted by Gasteiger charge is 2.33. The highest BCUT2D eigenvalue weighted by Crippen LogP contribution is 2.18. The predicted molar refractivity (Wildman–Crippen MR) is 78.4 cm³/mol. The number of hydrogen-bond acceptors (Lipinski definition) is 4. The summed E-state index contributed by atoms with van der Waals surface area (Å²) in [6, 6.07) is -0.524. The van der Waals surface area contributed by atoms with Gasteiger partial charge in [-0.15, -0.1) is 0 Å². The van der Waals surface area contributed by atoms with Crippen molar-refractivity contribution in [2.75, 3.05) is 26.2 Å². The summed E-state index contributed by atoms with van der Waals surface area (Å²) in [6.07, 6.45) is 3.57. The molecule has 1 aliphatic rings. The van der Waals surface area contributed by atoms with Crippen LogP contribution in [0, 0.1) is 0 Å². The molecule has 1 atom stereocenters. The zero-order valence-electron chi connectivity index (χ0n) is 12.8. The van der Waals surface area contributed by atoms with Crippen molar-refractivity contribution < 1.29 is 19.1 Å². The quantitative estimate of drug-likeness (QED) is 0.541. The molecular weight excluding hydrogens is 272 g/mol. The summed E-state index contributed by atoms with van der Waals surface area (Å²) < 4.78 is 5.03. The summed E-state index contributed by atoms with van der Waals surface area (Å²) in [5.74, 6) is -0.857. The molecule has 0 aromatic carbocycles. The SMILES string of the molecule is C=CC(=O)N(CC)CC(=O)N1CCCCC1C(=O)OCC. The number of carbonyl (C=O) groups is 3. The first-order chi connectivity index (χ1) is 10.0. The van der Waals surface area contributed by atoms with Crippen molar-refractivity contribution in [1.82, 2.24) is 9.80 Å². The van der Waals surface area contributed by atoms with Crippen LogP contribution in [0.2, 0.25) is 0 Å². The highest BCUT2D eigenvalue weighted by atomic mass is 16.5. The number of piperidine rings is 1. The van der Waals surface area contributed by atoms with E-state index in [0.29, 0.717) is 26.1 Å². The summed E-state index contributed by atoms with van der Waals surface area (Å²) in [6.45, 7) is 8.19. The third-order valence-electron chi connectivity index (χ3n) is 3.58. The molecule has 1 aliphatic heterocycles. The van der Waals surface area contributed by atoms with E-state index in [-0.39, 0.29) is 24.3 Å². The molecule has 0 bridgehead atoms. The van der Waals surface area contributed by atoms with Crippen molar-refractivity contribution >= 4 is 17.8 Å². The van der Waals surface area contributed by atoms with Crippen LogP contribution in [0.3, 0.4) is 0 Å². The zero-order chi connectivity index (χ0) is 15.8. The van der Waals surface area contributed by atoms with Crippen molar-refractivity contribution in [3.8, 4) is 0 Å². The molecule has 118 valence electrons. The van der Waals surface area contributed by atoms with Gasteiger partial charge < -0.3 is 14.5 Å². The van der Waals surface area contributed by atoms with Crippen LogP contribution in [-0.4, -0.2) is 59.9 Å². The fourth-order valence-corrected chi connectivity index (χ4v) is 2.44. The van der Waals surface area contributed by atoms with E-state index < -0.39 is 6.04 Å². The van der Waals surface area contributed by atoms with Crippen molar-refractivity contribution in [3.05, 3.63) is 12.7 Å². The first-order valence-corrected chi connectivity index (χ1v) is 7.42. The Bertz CT molecular complexity index is 408. The molecule has 0 aliphatic carbocycles. The molecule has 1 saturated heterocycles. The predicted octanol–water partition coefficient (Wildman–Crippen LogP) is 0.965. The van der Waals surface area contributed by atoms with E-state index in [1.54, 1.807) is 18.7 Å². The number of rotatable bonds is 6. The third kappa shape index (κ3) is 4.58. The molecule has 0 aromatic rings. The highest BCUT2D eigenvalue weighted by molar-refractivity contribution is 5.92. The van der Waals surface area contributed by atoms with Crippen molar-refractivity contribution in [2.24, 2.45) is 0 Å². The van der Waals surface area contributed by atoms with Gasteiger partial charge in [-0.05, 0) is 39.2 Å². The summed E-state index contributed by atoms with van der Waals surface area (Å²) in [5, 5.41) is 0. The number of ether oxygens (including phenoxy) is 1. The Balaban J connectivity index is 2.74. The number of esters is 1. The second-order valence-electron chi connectivity index (χ2n) is 4.91. The number of likely N-dealkylation sites (N-methyl/N-ethyl adjacent to an activating group) is 1. The number of carbonyl (C=O) groups excluding carboxylic acids is 3. The van der Waals surface area contributed by atoms with Crippen LogP contribution < -0.4 is 0 Å². The molecule has 0 saturated carbocycles. The molecule has 0 spiro atoms. The Labute approximate surface area is 125 Å². The minimum atomic E-state index is -0.524. The minimum absolute atomic E-state index is 0.0305. The molecule has 0 radical (unpaired) electrons. The van der Waals surface area contributed by atoms with Gasteiger partial charge in [0.1, 0.15) is 12.6 Å². The van der Waals surface area contributed by atoms with Gasteiger partial charge in [0.05, 0.1) is 6.61 Å². The Hall–Kier alpha value is -1.85. The second-order valence-corrected chi connectivity index (χ2v) is 4.91. The smallest absolute Gasteiger partial charge is 0.328 e. The Morgan fingerprint density at radius 2 is 2.05 bits per heavy atom. The maximum atomic E-state index is 12.4. The molecule has 6 heteroatoms. The van der Waals surface area contributed by atoms with Gasteiger partial charge in [-0.25, -0.2) is 4.79 Å². The van der Waals surface area contributed by atoms with E-state index in [1.165, 1.54) is 11.0 Å². The van der Waals surface area contributed by atoms with Crippen molar-refractivity contribution in [2.45, 2.75) is 39.2 Å². The van der Waals surface area contributed by atoms with Crippen LogP contribution in [0.25, 0.3) is 0 Å². The van der Waals surface area contributed by atoms with E-state index in [0.717, 1.165) is 12.8 Å². The fourth-order valence-electron chi connectivity index (χ4n) is 2.44. The average molecular weight is 296 g/mol. The van der Waals surface area contributed by atoms with Gasteiger partial charge in [-0.3, -0.25) is 9.59 Å². The van der Waals surface area contributed by atoms with Gasteiger partial charge in [0.15, 0.2) is 0 Å². The van der Waals surface area contributed by atoms with Gasteiger partial charge >= 0.3 is 5.97 Å². The number of amides is 2. The first kappa shape index (κ1) is 17.2. The standard InChI is InChI=1S/C15H24N2O4/c1-4-13(18)16(5-2)11-14(19)17-10-8-7-9-12(17)15(20)21-6-3/h4,12H,1,5-11H2,2-3H3. The molecular formula is C15H24N2O4. The molecule has 0 aromatic heterocycles. The van der Waals surface area contributed by atoms with Gasteiger partial charge in [-0.1, -0.05) is 6.58 Å². The number of likely N-dealkylation sites (tertiary alicyclic amines) is 1. The topological polar surface area (TPSA) is 66.9 Å². The molecule has 1 fully saturated rings.